The fraction of sp³-hybridized carbons (Fsp3) is 0.929. The van der Waals surface area contributed by atoms with Crippen molar-refractivity contribution in [3.05, 3.63) is 12.2 Å². The summed E-state index contributed by atoms with van der Waals surface area (Å²) in [6.45, 7) is 2.72. The van der Waals surface area contributed by atoms with Crippen molar-refractivity contribution in [3.8, 4) is 0 Å². The van der Waals surface area contributed by atoms with Crippen molar-refractivity contribution in [2.45, 2.75) is 229 Å². The third kappa shape index (κ3) is 19.2. The van der Waals surface area contributed by atoms with Gasteiger partial charge in [0.15, 0.2) is 12.6 Å². The Morgan fingerprint density at radius 1 is 0.625 bits per heavy atom. The lowest BCUT2D eigenvalue weighted by molar-refractivity contribution is -0.359. The summed E-state index contributed by atoms with van der Waals surface area (Å²) >= 11 is 0. The Hall–Kier alpha value is -1.27. The summed E-state index contributed by atoms with van der Waals surface area (Å²) in [5, 5.41) is 86.2. The van der Waals surface area contributed by atoms with E-state index in [4.69, 9.17) is 18.9 Å². The topological polar surface area (TPSA) is 228 Å². The van der Waals surface area contributed by atoms with Gasteiger partial charge in [0.05, 0.1) is 32.0 Å². The van der Waals surface area contributed by atoms with Crippen molar-refractivity contribution < 1.29 is 64.6 Å². The number of unbranched alkanes of at least 4 members (excludes halogenated alkanes) is 19. The second kappa shape index (κ2) is 30.7. The van der Waals surface area contributed by atoms with Crippen LogP contribution in [0.4, 0.5) is 0 Å². The number of hydrogen-bond donors (Lipinski definition) is 9. The Labute approximate surface area is 336 Å². The molecule has 2 heterocycles. The maximum atomic E-state index is 13.0. The van der Waals surface area contributed by atoms with Crippen LogP contribution in [0, 0.1) is 0 Å². The molecule has 14 nitrogen and oxygen atoms in total. The van der Waals surface area contributed by atoms with Crippen molar-refractivity contribution >= 4 is 5.91 Å². The first-order valence-electron chi connectivity index (χ1n) is 21.9. The van der Waals surface area contributed by atoms with Crippen molar-refractivity contribution in [2.24, 2.45) is 0 Å². The van der Waals surface area contributed by atoms with E-state index >= 15 is 0 Å². The van der Waals surface area contributed by atoms with Crippen LogP contribution in [0.1, 0.15) is 155 Å². The SMILES string of the molecule is CCCCCCCCCCCCCC=CC(O)C(COC1OC(CO)C(OC2OC(CO)C(O)C(O)C2O)C(O)C1O)NC(=O)CCCCCCCCCCC. The van der Waals surface area contributed by atoms with Crippen LogP contribution in [0.2, 0.25) is 0 Å². The Balaban J connectivity index is 1.93. The van der Waals surface area contributed by atoms with Crippen LogP contribution in [-0.2, 0) is 23.7 Å². The molecule has 2 aliphatic rings. The number of aliphatic hydroxyl groups is 8. The smallest absolute Gasteiger partial charge is 0.220 e. The number of aliphatic hydroxyl groups excluding tert-OH is 8. The monoisotopic (exact) mass is 806 g/mol. The Morgan fingerprint density at radius 2 is 1.11 bits per heavy atom. The van der Waals surface area contributed by atoms with Crippen LogP contribution in [-0.4, -0.2) is 140 Å². The maximum absolute atomic E-state index is 13.0. The molecule has 2 saturated heterocycles. The van der Waals surface area contributed by atoms with Gasteiger partial charge in [-0.05, 0) is 19.3 Å². The highest BCUT2D eigenvalue weighted by molar-refractivity contribution is 5.76. The first kappa shape index (κ1) is 50.9. The molecule has 0 aliphatic carbocycles. The minimum atomic E-state index is -1.78. The molecule has 330 valence electrons. The van der Waals surface area contributed by atoms with Gasteiger partial charge >= 0.3 is 0 Å². The average Bonchev–Trinajstić information content (AvgIpc) is 3.19. The molecule has 12 atom stereocenters. The molecule has 2 rings (SSSR count). The first-order chi connectivity index (χ1) is 27.1. The van der Waals surface area contributed by atoms with Gasteiger partial charge in [-0.3, -0.25) is 4.79 Å². The van der Waals surface area contributed by atoms with Crippen LogP contribution in [0.15, 0.2) is 12.2 Å². The van der Waals surface area contributed by atoms with Gasteiger partial charge < -0.3 is 65.1 Å². The molecule has 2 aliphatic heterocycles. The van der Waals surface area contributed by atoms with Gasteiger partial charge in [-0.15, -0.1) is 0 Å². The second-order valence-corrected chi connectivity index (χ2v) is 15.8. The number of amides is 1. The van der Waals surface area contributed by atoms with Gasteiger partial charge in [0.25, 0.3) is 0 Å². The fourth-order valence-electron chi connectivity index (χ4n) is 7.29. The van der Waals surface area contributed by atoms with Gasteiger partial charge in [0, 0.05) is 6.42 Å². The van der Waals surface area contributed by atoms with Crippen molar-refractivity contribution in [1.82, 2.24) is 5.32 Å². The third-order valence-corrected chi connectivity index (χ3v) is 11.0. The molecular weight excluding hydrogens is 726 g/mol. The van der Waals surface area contributed by atoms with Gasteiger partial charge in [0.1, 0.15) is 48.8 Å². The number of rotatable bonds is 32. The average molecular weight is 806 g/mol. The van der Waals surface area contributed by atoms with E-state index in [1.807, 2.05) is 6.08 Å². The molecule has 0 bridgehead atoms. The molecule has 0 aromatic rings. The molecule has 0 saturated carbocycles. The summed E-state index contributed by atoms with van der Waals surface area (Å²) in [6, 6.07) is -0.904. The predicted octanol–water partition coefficient (Wildman–Crippen LogP) is 3.65. The molecule has 0 radical (unpaired) electrons. The Bertz CT molecular complexity index is 1000. The van der Waals surface area contributed by atoms with Crippen molar-refractivity contribution in [2.75, 3.05) is 19.8 Å². The highest BCUT2D eigenvalue weighted by Gasteiger charge is 2.50. The lowest BCUT2D eigenvalue weighted by Gasteiger charge is -2.46. The standard InChI is InChI=1S/C42H79NO13/c1-3-5-7-9-11-13-14-15-16-18-19-21-23-25-31(46)30(43-34(47)26-24-22-20-17-12-10-8-6-4-2)29-53-41-39(52)37(50)40(33(28-45)55-41)56-42-38(51)36(49)35(48)32(27-44)54-42/h23,25,30-33,35-42,44-46,48-52H,3-22,24,26-29H2,1-2H3,(H,43,47). The number of nitrogens with one attached hydrogen (secondary N) is 1. The zero-order valence-corrected chi connectivity index (χ0v) is 34.4. The highest BCUT2D eigenvalue weighted by Crippen LogP contribution is 2.30. The number of carbonyl (C=O) groups excluding carboxylic acids is 1. The van der Waals surface area contributed by atoms with E-state index in [0.717, 1.165) is 38.5 Å². The molecule has 9 N–H and O–H groups in total. The van der Waals surface area contributed by atoms with E-state index in [0.29, 0.717) is 6.42 Å². The molecule has 2 fully saturated rings. The first-order valence-corrected chi connectivity index (χ1v) is 21.9. The van der Waals surface area contributed by atoms with Crippen LogP contribution >= 0.6 is 0 Å². The molecule has 12 unspecified atom stereocenters. The highest BCUT2D eigenvalue weighted by atomic mass is 16.7. The molecule has 0 spiro atoms. The van der Waals surface area contributed by atoms with Crippen LogP contribution < -0.4 is 5.32 Å². The van der Waals surface area contributed by atoms with Gasteiger partial charge in [0.2, 0.25) is 5.91 Å². The van der Waals surface area contributed by atoms with Crippen LogP contribution in [0.3, 0.4) is 0 Å². The Kier molecular flexibility index (Phi) is 27.9. The molecule has 56 heavy (non-hydrogen) atoms. The number of ether oxygens (including phenoxy) is 4. The van der Waals surface area contributed by atoms with E-state index in [2.05, 4.69) is 19.2 Å². The van der Waals surface area contributed by atoms with Crippen LogP contribution in [0.25, 0.3) is 0 Å². The molecule has 0 aromatic carbocycles. The minimum Gasteiger partial charge on any atom is -0.394 e. The minimum absolute atomic E-state index is 0.245. The lowest BCUT2D eigenvalue weighted by Crippen LogP contribution is -2.65. The molecular formula is C42H79NO13. The number of allylic oxidation sites excluding steroid dienone is 1. The number of hydrogen-bond acceptors (Lipinski definition) is 13. The molecule has 0 aromatic heterocycles. The van der Waals surface area contributed by atoms with E-state index in [1.165, 1.54) is 89.9 Å². The summed E-state index contributed by atoms with van der Waals surface area (Å²) in [6.07, 6.45) is 11.3. The summed E-state index contributed by atoms with van der Waals surface area (Å²) in [7, 11) is 0. The van der Waals surface area contributed by atoms with E-state index in [9.17, 15) is 45.6 Å². The Morgan fingerprint density at radius 3 is 1.64 bits per heavy atom. The molecule has 14 heteroatoms. The third-order valence-electron chi connectivity index (χ3n) is 11.0. The second-order valence-electron chi connectivity index (χ2n) is 15.8. The van der Waals surface area contributed by atoms with E-state index < -0.39 is 86.8 Å². The normalized spacial score (nSPS) is 29.5. The zero-order chi connectivity index (χ0) is 41.1. The van der Waals surface area contributed by atoms with E-state index in [1.54, 1.807) is 6.08 Å². The van der Waals surface area contributed by atoms with Crippen molar-refractivity contribution in [1.29, 1.82) is 0 Å². The summed E-state index contributed by atoms with van der Waals surface area (Å²) in [5.41, 5.74) is 0. The number of carbonyl (C=O) groups is 1. The summed E-state index contributed by atoms with van der Waals surface area (Å²) in [5.74, 6) is -0.245. The largest absolute Gasteiger partial charge is 0.394 e. The van der Waals surface area contributed by atoms with Gasteiger partial charge in [-0.25, -0.2) is 0 Å². The summed E-state index contributed by atoms with van der Waals surface area (Å²) < 4.78 is 22.6. The fourth-order valence-corrected chi connectivity index (χ4v) is 7.29. The zero-order valence-electron chi connectivity index (χ0n) is 34.4. The van der Waals surface area contributed by atoms with Gasteiger partial charge in [-0.1, -0.05) is 142 Å². The van der Waals surface area contributed by atoms with E-state index in [-0.39, 0.29) is 18.9 Å². The summed E-state index contributed by atoms with van der Waals surface area (Å²) in [4.78, 5) is 13.0. The van der Waals surface area contributed by atoms with Crippen molar-refractivity contribution in [3.63, 3.8) is 0 Å². The maximum Gasteiger partial charge on any atom is 0.220 e. The lowest BCUT2D eigenvalue weighted by atomic mass is 9.97. The quantitative estimate of drug-likeness (QED) is 0.0350. The van der Waals surface area contributed by atoms with Gasteiger partial charge in [-0.2, -0.15) is 0 Å². The predicted molar refractivity (Wildman–Crippen MR) is 212 cm³/mol. The molecule has 1 amide bonds. The van der Waals surface area contributed by atoms with Crippen LogP contribution in [0.5, 0.6) is 0 Å².